The van der Waals surface area contributed by atoms with E-state index in [1.54, 1.807) is 0 Å². The second-order valence-corrected chi connectivity index (χ2v) is 7.12. The van der Waals surface area contributed by atoms with Crippen molar-refractivity contribution >= 4 is 11.7 Å². The van der Waals surface area contributed by atoms with Crippen molar-refractivity contribution in [2.45, 2.75) is 31.4 Å². The molecule has 0 unspecified atom stereocenters. The Kier molecular flexibility index (Phi) is 5.31. The van der Waals surface area contributed by atoms with E-state index in [-0.39, 0.29) is 12.0 Å². The summed E-state index contributed by atoms with van der Waals surface area (Å²) in [6, 6.07) is 12.0. The molecule has 2 heterocycles. The van der Waals surface area contributed by atoms with Crippen LogP contribution in [0.25, 0.3) is 11.3 Å². The van der Waals surface area contributed by atoms with Crippen molar-refractivity contribution in [3.8, 4) is 11.3 Å². The summed E-state index contributed by atoms with van der Waals surface area (Å²) in [6.07, 6.45) is 3.21. The van der Waals surface area contributed by atoms with Gasteiger partial charge in [0.05, 0.1) is 18.4 Å². The Morgan fingerprint density at radius 2 is 2.00 bits per heavy atom. The minimum atomic E-state index is 0.0296. The number of benzene rings is 1. The second-order valence-electron chi connectivity index (χ2n) is 7.12. The molecule has 1 aromatic heterocycles. The highest BCUT2D eigenvalue weighted by Gasteiger charge is 2.24. The van der Waals surface area contributed by atoms with Crippen molar-refractivity contribution in [1.29, 1.82) is 0 Å². The van der Waals surface area contributed by atoms with E-state index in [2.05, 4.69) is 15.5 Å². The third kappa shape index (κ3) is 4.43. The number of nitrogens with two attached hydrogens (primary N) is 1. The summed E-state index contributed by atoms with van der Waals surface area (Å²) in [5, 5.41) is 11.8. The zero-order valence-electron chi connectivity index (χ0n) is 15.3. The number of carbonyl (C=O) groups excluding carboxylic acids is 1. The molecule has 2 fully saturated rings. The molecule has 1 amide bonds. The molecule has 0 bridgehead atoms. The molecule has 1 saturated heterocycles. The fourth-order valence-electron chi connectivity index (χ4n) is 3.23. The maximum Gasteiger partial charge on any atom is 0.254 e. The second kappa shape index (κ2) is 8.02. The largest absolute Gasteiger partial charge is 0.374 e. The lowest BCUT2D eigenvalue weighted by atomic mass is 10.1. The van der Waals surface area contributed by atoms with E-state index in [9.17, 15) is 4.79 Å². The lowest BCUT2D eigenvalue weighted by Gasteiger charge is -2.33. The Hall–Kier alpha value is -2.51. The molecule has 27 heavy (non-hydrogen) atoms. The number of carbonyl (C=O) groups is 1. The molecule has 7 heteroatoms. The number of aromatic nitrogens is 2. The molecule has 2 aliphatic rings. The first-order valence-corrected chi connectivity index (χ1v) is 9.54. The van der Waals surface area contributed by atoms with Crippen molar-refractivity contribution in [2.75, 3.05) is 31.6 Å². The Morgan fingerprint density at radius 1 is 1.19 bits per heavy atom. The van der Waals surface area contributed by atoms with Crippen LogP contribution in [0.1, 0.15) is 29.6 Å². The van der Waals surface area contributed by atoms with Crippen molar-refractivity contribution < 1.29 is 9.53 Å². The summed E-state index contributed by atoms with van der Waals surface area (Å²) in [7, 11) is 0. The minimum Gasteiger partial charge on any atom is -0.374 e. The lowest BCUT2D eigenvalue weighted by Crippen LogP contribution is -2.46. The number of ether oxygens (including phenoxy) is 1. The molecule has 1 aliphatic carbocycles. The van der Waals surface area contributed by atoms with Crippen molar-refractivity contribution in [3.05, 3.63) is 42.0 Å². The molecule has 0 radical (unpaired) electrons. The number of hydrogen-bond acceptors (Lipinski definition) is 6. The van der Waals surface area contributed by atoms with Gasteiger partial charge in [-0.05, 0) is 50.1 Å². The highest BCUT2D eigenvalue weighted by atomic mass is 16.5. The summed E-state index contributed by atoms with van der Waals surface area (Å²) in [5.41, 5.74) is 8.02. The number of hydrogen-bond donors (Lipinski definition) is 2. The fourth-order valence-corrected chi connectivity index (χ4v) is 3.23. The van der Waals surface area contributed by atoms with Gasteiger partial charge in [0.25, 0.3) is 5.91 Å². The molecule has 0 spiro atoms. The van der Waals surface area contributed by atoms with E-state index in [4.69, 9.17) is 10.5 Å². The maximum absolute atomic E-state index is 12.8. The van der Waals surface area contributed by atoms with E-state index in [1.807, 2.05) is 41.3 Å². The first kappa shape index (κ1) is 17.9. The average molecular weight is 367 g/mol. The first-order chi connectivity index (χ1) is 13.2. The van der Waals surface area contributed by atoms with Gasteiger partial charge in [0, 0.05) is 30.3 Å². The van der Waals surface area contributed by atoms with Gasteiger partial charge in [-0.15, -0.1) is 10.2 Å². The maximum atomic E-state index is 12.8. The molecule has 1 aliphatic heterocycles. The zero-order chi connectivity index (χ0) is 18.6. The fraction of sp³-hybridized carbons (Fsp3) is 0.450. The van der Waals surface area contributed by atoms with E-state index >= 15 is 0 Å². The van der Waals surface area contributed by atoms with Gasteiger partial charge in [-0.2, -0.15) is 0 Å². The van der Waals surface area contributed by atoms with Crippen LogP contribution >= 0.6 is 0 Å². The smallest absolute Gasteiger partial charge is 0.254 e. The number of rotatable bonds is 6. The summed E-state index contributed by atoms with van der Waals surface area (Å²) < 4.78 is 5.65. The number of morpholine rings is 1. The third-order valence-electron chi connectivity index (χ3n) is 4.94. The van der Waals surface area contributed by atoms with Crippen molar-refractivity contribution in [3.63, 3.8) is 0 Å². The van der Waals surface area contributed by atoms with Gasteiger partial charge < -0.3 is 20.7 Å². The van der Waals surface area contributed by atoms with Gasteiger partial charge in [0.15, 0.2) is 0 Å². The molecule has 4 rings (SSSR count). The highest BCUT2D eigenvalue weighted by Crippen LogP contribution is 2.24. The lowest BCUT2D eigenvalue weighted by molar-refractivity contribution is -0.0236. The van der Waals surface area contributed by atoms with Gasteiger partial charge in [-0.1, -0.05) is 12.1 Å². The molecule has 1 atom stereocenters. The number of amides is 1. The van der Waals surface area contributed by atoms with E-state index in [0.29, 0.717) is 37.8 Å². The molecule has 142 valence electrons. The highest BCUT2D eigenvalue weighted by molar-refractivity contribution is 5.94. The Bertz CT molecular complexity index is 772. The van der Waals surface area contributed by atoms with Crippen LogP contribution in [0.3, 0.4) is 0 Å². The van der Waals surface area contributed by atoms with Crippen LogP contribution in [-0.2, 0) is 4.74 Å². The van der Waals surface area contributed by atoms with E-state index in [0.717, 1.165) is 23.5 Å². The average Bonchev–Trinajstić information content (AvgIpc) is 3.53. The number of nitrogens with one attached hydrogen (secondary N) is 1. The zero-order valence-corrected chi connectivity index (χ0v) is 15.3. The van der Waals surface area contributed by atoms with E-state index < -0.39 is 0 Å². The van der Waals surface area contributed by atoms with Gasteiger partial charge in [0.1, 0.15) is 5.82 Å². The monoisotopic (exact) mass is 367 g/mol. The summed E-state index contributed by atoms with van der Waals surface area (Å²) in [5.74, 6) is 0.842. The van der Waals surface area contributed by atoms with Gasteiger partial charge in [-0.25, -0.2) is 0 Å². The molecular weight excluding hydrogens is 342 g/mol. The Balaban J connectivity index is 1.41. The van der Waals surface area contributed by atoms with Gasteiger partial charge in [0.2, 0.25) is 0 Å². The Morgan fingerprint density at radius 3 is 2.67 bits per heavy atom. The molecule has 1 aromatic carbocycles. The van der Waals surface area contributed by atoms with Crippen LogP contribution in [0, 0.1) is 0 Å². The Labute approximate surface area is 158 Å². The van der Waals surface area contributed by atoms with Crippen LogP contribution in [-0.4, -0.2) is 59.4 Å². The number of nitrogens with zero attached hydrogens (tertiary/aromatic N) is 3. The van der Waals surface area contributed by atoms with Crippen molar-refractivity contribution in [2.24, 2.45) is 5.73 Å². The van der Waals surface area contributed by atoms with Crippen LogP contribution in [0.4, 0.5) is 5.82 Å². The van der Waals surface area contributed by atoms with E-state index in [1.165, 1.54) is 12.8 Å². The third-order valence-corrected chi connectivity index (χ3v) is 4.94. The molecular formula is C20H25N5O2. The first-order valence-electron chi connectivity index (χ1n) is 9.54. The predicted molar refractivity (Wildman–Crippen MR) is 103 cm³/mol. The molecule has 1 saturated carbocycles. The summed E-state index contributed by atoms with van der Waals surface area (Å²) in [6.45, 7) is 2.34. The summed E-state index contributed by atoms with van der Waals surface area (Å²) >= 11 is 0. The summed E-state index contributed by atoms with van der Waals surface area (Å²) in [4.78, 5) is 14.6. The predicted octanol–water partition coefficient (Wildman–Crippen LogP) is 1.91. The number of anilines is 1. The topological polar surface area (TPSA) is 93.4 Å². The molecule has 3 N–H and O–H groups in total. The van der Waals surface area contributed by atoms with Crippen LogP contribution in [0.2, 0.25) is 0 Å². The minimum absolute atomic E-state index is 0.0296. The van der Waals surface area contributed by atoms with Crippen molar-refractivity contribution in [1.82, 2.24) is 15.1 Å². The quantitative estimate of drug-likeness (QED) is 0.810. The van der Waals surface area contributed by atoms with Gasteiger partial charge >= 0.3 is 0 Å². The standard InChI is InChI=1S/C20H25N5O2/c21-10-9-17-13-25(11-12-27-17)20(26)15-3-1-14(2-4-15)18-7-8-19(24-23-18)22-16-5-6-16/h1-4,7-8,16-17H,5-6,9-13,21H2,(H,22,24)/t17-/m0/s1. The van der Waals surface area contributed by atoms with Crippen LogP contribution < -0.4 is 11.1 Å². The SMILES string of the molecule is NCC[C@H]1CN(C(=O)c2ccc(-c3ccc(NC4CC4)nn3)cc2)CCO1. The molecule has 2 aromatic rings. The van der Waals surface area contributed by atoms with Gasteiger partial charge in [-0.3, -0.25) is 4.79 Å². The molecule has 7 nitrogen and oxygen atoms in total. The normalized spacial score (nSPS) is 19.7. The van der Waals surface area contributed by atoms with Crippen LogP contribution in [0.5, 0.6) is 0 Å². The van der Waals surface area contributed by atoms with Crippen LogP contribution in [0.15, 0.2) is 36.4 Å².